The minimum atomic E-state index is -0.786. The quantitative estimate of drug-likeness (QED) is 0.580. The van der Waals surface area contributed by atoms with Crippen LogP contribution in [0.2, 0.25) is 0 Å². The molecule has 0 unspecified atom stereocenters. The molecule has 1 amide bonds. The van der Waals surface area contributed by atoms with Crippen molar-refractivity contribution in [3.8, 4) is 5.75 Å². The van der Waals surface area contributed by atoms with E-state index in [0.29, 0.717) is 11.3 Å². The number of ether oxygens (including phenoxy) is 2. The van der Waals surface area contributed by atoms with Crippen LogP contribution in [0.1, 0.15) is 31.1 Å². The van der Waals surface area contributed by atoms with Gasteiger partial charge in [0.25, 0.3) is 0 Å². The predicted molar refractivity (Wildman–Crippen MR) is 102 cm³/mol. The van der Waals surface area contributed by atoms with Gasteiger partial charge in [0.15, 0.2) is 30.6 Å². The summed E-state index contributed by atoms with van der Waals surface area (Å²) in [6, 6.07) is 11.9. The Morgan fingerprint density at radius 1 is 0.964 bits per heavy atom. The molecule has 0 bridgehead atoms. The highest BCUT2D eigenvalue weighted by Crippen LogP contribution is 2.18. The van der Waals surface area contributed by atoms with Gasteiger partial charge in [-0.25, -0.2) is 9.18 Å². The van der Waals surface area contributed by atoms with Gasteiger partial charge in [-0.15, -0.1) is 0 Å². The maximum absolute atomic E-state index is 13.4. The van der Waals surface area contributed by atoms with Gasteiger partial charge in [-0.1, -0.05) is 32.9 Å². The van der Waals surface area contributed by atoms with Crippen LogP contribution in [-0.2, 0) is 14.3 Å². The first-order chi connectivity index (χ1) is 13.2. The summed E-state index contributed by atoms with van der Waals surface area (Å²) >= 11 is 0. The summed E-state index contributed by atoms with van der Waals surface area (Å²) in [5.41, 5.74) is 0.358. The zero-order valence-electron chi connectivity index (χ0n) is 16.0. The van der Waals surface area contributed by atoms with Crippen molar-refractivity contribution in [2.75, 3.05) is 18.5 Å². The third-order valence-corrected chi connectivity index (χ3v) is 3.69. The van der Waals surface area contributed by atoms with Gasteiger partial charge in [-0.2, -0.15) is 0 Å². The number of para-hydroxylation sites is 1. The topological polar surface area (TPSA) is 81.7 Å². The number of nitrogens with one attached hydrogen (secondary N) is 1. The molecule has 7 heteroatoms. The van der Waals surface area contributed by atoms with E-state index in [1.165, 1.54) is 30.3 Å². The van der Waals surface area contributed by atoms with Crippen molar-refractivity contribution in [1.29, 1.82) is 0 Å². The summed E-state index contributed by atoms with van der Waals surface area (Å²) in [5.74, 6) is -2.00. The van der Waals surface area contributed by atoms with Crippen LogP contribution < -0.4 is 10.1 Å². The van der Waals surface area contributed by atoms with Crippen LogP contribution in [0, 0.1) is 11.2 Å². The standard InChI is InChI=1S/C21H22FNO5/c1-21(2,3)20(26)23-15-10-8-14(9-11-15)17(24)12-28-19(25)13-27-18-7-5-4-6-16(18)22/h4-11H,12-13H2,1-3H3,(H,23,26). The number of benzene rings is 2. The van der Waals surface area contributed by atoms with Crippen molar-refractivity contribution < 1.29 is 28.2 Å². The van der Waals surface area contributed by atoms with Crippen molar-refractivity contribution in [1.82, 2.24) is 0 Å². The molecule has 1 N–H and O–H groups in total. The molecule has 0 atom stereocenters. The highest BCUT2D eigenvalue weighted by Gasteiger charge is 2.21. The Bertz CT molecular complexity index is 856. The van der Waals surface area contributed by atoms with Crippen LogP contribution in [0.5, 0.6) is 5.75 Å². The predicted octanol–water partition coefficient (Wildman–Crippen LogP) is 3.62. The van der Waals surface area contributed by atoms with Gasteiger partial charge in [0.05, 0.1) is 0 Å². The minimum Gasteiger partial charge on any atom is -0.479 e. The highest BCUT2D eigenvalue weighted by atomic mass is 19.1. The van der Waals surface area contributed by atoms with Gasteiger partial charge in [0.2, 0.25) is 5.91 Å². The smallest absolute Gasteiger partial charge is 0.344 e. The lowest BCUT2D eigenvalue weighted by atomic mass is 9.95. The van der Waals surface area contributed by atoms with Gasteiger partial charge >= 0.3 is 5.97 Å². The van der Waals surface area contributed by atoms with Crippen LogP contribution >= 0.6 is 0 Å². The summed E-state index contributed by atoms with van der Waals surface area (Å²) in [4.78, 5) is 35.7. The van der Waals surface area contributed by atoms with Crippen molar-refractivity contribution in [2.45, 2.75) is 20.8 Å². The van der Waals surface area contributed by atoms with Gasteiger partial charge in [-0.05, 0) is 36.4 Å². The molecule has 0 aliphatic carbocycles. The summed E-state index contributed by atoms with van der Waals surface area (Å²) in [6.45, 7) is 4.42. The first-order valence-electron chi connectivity index (χ1n) is 8.64. The molecule has 2 aromatic rings. The number of esters is 1. The molecule has 28 heavy (non-hydrogen) atoms. The molecule has 0 heterocycles. The second-order valence-electron chi connectivity index (χ2n) is 7.08. The van der Waals surface area contributed by atoms with Crippen LogP contribution in [0.4, 0.5) is 10.1 Å². The second kappa shape index (κ2) is 9.12. The van der Waals surface area contributed by atoms with Gasteiger partial charge < -0.3 is 14.8 Å². The summed E-state index contributed by atoms with van der Waals surface area (Å²) in [5, 5.41) is 2.75. The third kappa shape index (κ3) is 6.19. The summed E-state index contributed by atoms with van der Waals surface area (Å²) in [7, 11) is 0. The molecule has 6 nitrogen and oxygen atoms in total. The molecule has 0 radical (unpaired) electrons. The van der Waals surface area contributed by atoms with E-state index in [2.05, 4.69) is 5.32 Å². The van der Waals surface area contributed by atoms with Gasteiger partial charge in [0.1, 0.15) is 0 Å². The lowest BCUT2D eigenvalue weighted by Crippen LogP contribution is -2.27. The molecular formula is C21H22FNO5. The van der Waals surface area contributed by atoms with E-state index in [0.717, 1.165) is 0 Å². The van der Waals surface area contributed by atoms with E-state index in [4.69, 9.17) is 9.47 Å². The lowest BCUT2D eigenvalue weighted by Gasteiger charge is -2.17. The lowest BCUT2D eigenvalue weighted by molar-refractivity contribution is -0.144. The van der Waals surface area contributed by atoms with Crippen LogP contribution in [0.3, 0.4) is 0 Å². The van der Waals surface area contributed by atoms with E-state index in [-0.39, 0.29) is 11.7 Å². The zero-order valence-corrected chi connectivity index (χ0v) is 16.0. The number of Topliss-reactive ketones (excluding diaryl/α,β-unsaturated/α-hetero) is 1. The zero-order chi connectivity index (χ0) is 20.7. The molecule has 0 aliphatic rings. The average molecular weight is 387 g/mol. The van der Waals surface area contributed by atoms with Gasteiger partial charge in [-0.3, -0.25) is 9.59 Å². The fourth-order valence-corrected chi connectivity index (χ4v) is 2.03. The van der Waals surface area contributed by atoms with Crippen LogP contribution in [0.15, 0.2) is 48.5 Å². The number of rotatable bonds is 7. The first kappa shape index (κ1) is 21.1. The fourth-order valence-electron chi connectivity index (χ4n) is 2.03. The maximum atomic E-state index is 13.4. The molecule has 2 rings (SSSR count). The molecular weight excluding hydrogens is 365 g/mol. The molecule has 0 fully saturated rings. The second-order valence-corrected chi connectivity index (χ2v) is 7.08. The Morgan fingerprint density at radius 3 is 2.21 bits per heavy atom. The number of hydrogen-bond donors (Lipinski definition) is 1. The highest BCUT2D eigenvalue weighted by molar-refractivity contribution is 5.99. The fraction of sp³-hybridized carbons (Fsp3) is 0.286. The average Bonchev–Trinajstić information content (AvgIpc) is 2.65. The Balaban J connectivity index is 1.81. The first-order valence-corrected chi connectivity index (χ1v) is 8.64. The normalized spacial score (nSPS) is 10.9. The Morgan fingerprint density at radius 2 is 1.61 bits per heavy atom. The van der Waals surface area contributed by atoms with Crippen molar-refractivity contribution >= 4 is 23.3 Å². The molecule has 0 aliphatic heterocycles. The number of anilines is 1. The van der Waals surface area contributed by atoms with E-state index in [1.807, 2.05) is 0 Å². The Kier molecular flexibility index (Phi) is 6.87. The number of amides is 1. The molecule has 0 saturated heterocycles. The van der Waals surface area contributed by atoms with E-state index in [9.17, 15) is 18.8 Å². The van der Waals surface area contributed by atoms with Crippen molar-refractivity contribution in [3.63, 3.8) is 0 Å². The summed E-state index contributed by atoms with van der Waals surface area (Å²) < 4.78 is 23.3. The SMILES string of the molecule is CC(C)(C)C(=O)Nc1ccc(C(=O)COC(=O)COc2ccccc2F)cc1. The Hall–Kier alpha value is -3.22. The monoisotopic (exact) mass is 387 g/mol. The van der Waals surface area contributed by atoms with Crippen LogP contribution in [-0.4, -0.2) is 30.9 Å². The summed E-state index contributed by atoms with van der Waals surface area (Å²) in [6.07, 6.45) is 0. The van der Waals surface area contributed by atoms with Gasteiger partial charge in [0, 0.05) is 16.7 Å². The molecule has 148 valence electrons. The van der Waals surface area contributed by atoms with E-state index >= 15 is 0 Å². The minimum absolute atomic E-state index is 0.0707. The van der Waals surface area contributed by atoms with Crippen LogP contribution in [0.25, 0.3) is 0 Å². The van der Waals surface area contributed by atoms with E-state index in [1.54, 1.807) is 39.0 Å². The number of hydrogen-bond acceptors (Lipinski definition) is 5. The van der Waals surface area contributed by atoms with Crippen molar-refractivity contribution in [2.24, 2.45) is 5.41 Å². The Labute approximate surface area is 162 Å². The van der Waals surface area contributed by atoms with Crippen molar-refractivity contribution in [3.05, 3.63) is 59.9 Å². The largest absolute Gasteiger partial charge is 0.479 e. The number of ketones is 1. The maximum Gasteiger partial charge on any atom is 0.344 e. The molecule has 2 aromatic carbocycles. The molecule has 0 saturated carbocycles. The molecule has 0 aromatic heterocycles. The van der Waals surface area contributed by atoms with E-state index < -0.39 is 36.2 Å². The third-order valence-electron chi connectivity index (χ3n) is 3.69. The molecule has 0 spiro atoms. The number of carbonyl (C=O) groups is 3. The number of halogens is 1. The number of carbonyl (C=O) groups excluding carboxylic acids is 3.